The van der Waals surface area contributed by atoms with Gasteiger partial charge in [-0.3, -0.25) is 4.79 Å². The summed E-state index contributed by atoms with van der Waals surface area (Å²) in [5.41, 5.74) is 1.45. The van der Waals surface area contributed by atoms with E-state index in [1.807, 2.05) is 31.1 Å². The van der Waals surface area contributed by atoms with Crippen molar-refractivity contribution in [3.63, 3.8) is 0 Å². The highest BCUT2D eigenvalue weighted by atomic mass is 35.5. The van der Waals surface area contributed by atoms with Crippen LogP contribution in [-0.4, -0.2) is 49.0 Å². The molecular formula is C21H23Cl2N3O2. The maximum Gasteiger partial charge on any atom is 0.263 e. The molecule has 28 heavy (non-hydrogen) atoms. The van der Waals surface area contributed by atoms with Crippen molar-refractivity contribution >= 4 is 29.1 Å². The highest BCUT2D eigenvalue weighted by Gasteiger charge is 2.23. The molecule has 2 rings (SSSR count). The van der Waals surface area contributed by atoms with Crippen LogP contribution in [0.25, 0.3) is 0 Å². The Morgan fingerprint density at radius 2 is 1.89 bits per heavy atom. The Bertz CT molecular complexity index is 865. The number of benzene rings is 2. The first-order chi connectivity index (χ1) is 13.3. The SMILES string of the molecule is CC(Oc1cccc(Cl)c1Cl)C(=O)N(CCN(C)C)Cc1cccc(C#N)c1. The van der Waals surface area contributed by atoms with Crippen LogP contribution < -0.4 is 4.74 Å². The van der Waals surface area contributed by atoms with Crippen LogP contribution in [0.2, 0.25) is 10.0 Å². The summed E-state index contributed by atoms with van der Waals surface area (Å²) in [6, 6.07) is 14.4. The van der Waals surface area contributed by atoms with Gasteiger partial charge < -0.3 is 14.5 Å². The molecule has 2 aromatic rings. The van der Waals surface area contributed by atoms with Crippen molar-refractivity contribution in [2.75, 3.05) is 27.2 Å². The summed E-state index contributed by atoms with van der Waals surface area (Å²) >= 11 is 12.2. The molecule has 5 nitrogen and oxygen atoms in total. The second-order valence-corrected chi connectivity index (χ2v) is 7.47. The van der Waals surface area contributed by atoms with Gasteiger partial charge in [0, 0.05) is 19.6 Å². The van der Waals surface area contributed by atoms with E-state index < -0.39 is 6.10 Å². The molecule has 1 unspecified atom stereocenters. The first kappa shape index (κ1) is 22.0. The molecule has 0 saturated carbocycles. The molecule has 0 bridgehead atoms. The number of rotatable bonds is 8. The summed E-state index contributed by atoms with van der Waals surface area (Å²) < 4.78 is 5.78. The Morgan fingerprint density at radius 1 is 1.18 bits per heavy atom. The summed E-state index contributed by atoms with van der Waals surface area (Å²) in [5, 5.41) is 9.76. The Morgan fingerprint density at radius 3 is 2.57 bits per heavy atom. The van der Waals surface area contributed by atoms with Gasteiger partial charge in [0.05, 0.1) is 16.7 Å². The van der Waals surface area contributed by atoms with E-state index in [1.54, 1.807) is 42.2 Å². The fourth-order valence-electron chi connectivity index (χ4n) is 2.62. The number of hydrogen-bond donors (Lipinski definition) is 0. The first-order valence-corrected chi connectivity index (χ1v) is 9.60. The number of halogens is 2. The zero-order valence-corrected chi connectivity index (χ0v) is 17.7. The fraction of sp³-hybridized carbons (Fsp3) is 0.333. The van der Waals surface area contributed by atoms with E-state index in [0.717, 1.165) is 5.56 Å². The molecule has 0 heterocycles. The molecule has 1 atom stereocenters. The average molecular weight is 420 g/mol. The molecule has 0 aliphatic rings. The monoisotopic (exact) mass is 419 g/mol. The van der Waals surface area contributed by atoms with Gasteiger partial charge in [-0.25, -0.2) is 0 Å². The third-order valence-electron chi connectivity index (χ3n) is 4.13. The van der Waals surface area contributed by atoms with Gasteiger partial charge in [-0.05, 0) is 50.8 Å². The van der Waals surface area contributed by atoms with Crippen LogP contribution in [0.4, 0.5) is 0 Å². The zero-order valence-electron chi connectivity index (χ0n) is 16.2. The van der Waals surface area contributed by atoms with E-state index in [2.05, 4.69) is 6.07 Å². The third-order valence-corrected chi connectivity index (χ3v) is 4.93. The van der Waals surface area contributed by atoms with Crippen molar-refractivity contribution in [3.05, 3.63) is 63.6 Å². The molecule has 0 aliphatic carbocycles. The standard InChI is InChI=1S/C21H23Cl2N3O2/c1-15(28-19-9-5-8-18(22)20(19)23)21(27)26(11-10-25(2)3)14-17-7-4-6-16(12-17)13-24/h4-9,12,15H,10-11,14H2,1-3H3. The van der Waals surface area contributed by atoms with Gasteiger partial charge in [-0.15, -0.1) is 0 Å². The highest BCUT2D eigenvalue weighted by Crippen LogP contribution is 2.32. The lowest BCUT2D eigenvalue weighted by Gasteiger charge is -2.27. The summed E-state index contributed by atoms with van der Waals surface area (Å²) in [7, 11) is 3.90. The molecule has 0 radical (unpaired) electrons. The van der Waals surface area contributed by atoms with Gasteiger partial charge in [0.1, 0.15) is 10.8 Å². The Kier molecular flexibility index (Phi) is 8.13. The van der Waals surface area contributed by atoms with E-state index in [9.17, 15) is 4.79 Å². The van der Waals surface area contributed by atoms with Crippen LogP contribution in [-0.2, 0) is 11.3 Å². The minimum atomic E-state index is -0.739. The predicted octanol–water partition coefficient (Wildman–Crippen LogP) is 4.22. The van der Waals surface area contributed by atoms with Crippen molar-refractivity contribution in [1.82, 2.24) is 9.80 Å². The predicted molar refractivity (Wildman–Crippen MR) is 112 cm³/mol. The second kappa shape index (κ2) is 10.3. The van der Waals surface area contributed by atoms with E-state index in [4.69, 9.17) is 33.2 Å². The maximum atomic E-state index is 13.1. The number of amides is 1. The van der Waals surface area contributed by atoms with Crippen LogP contribution in [0.5, 0.6) is 5.75 Å². The lowest BCUT2D eigenvalue weighted by Crippen LogP contribution is -2.43. The number of hydrogen-bond acceptors (Lipinski definition) is 4. The summed E-state index contributed by atoms with van der Waals surface area (Å²) in [4.78, 5) is 16.8. The van der Waals surface area contributed by atoms with Crippen LogP contribution >= 0.6 is 23.2 Å². The lowest BCUT2D eigenvalue weighted by molar-refractivity contribution is -0.138. The number of likely N-dealkylation sites (N-methyl/N-ethyl adjacent to an activating group) is 1. The number of carbonyl (C=O) groups excluding carboxylic acids is 1. The van der Waals surface area contributed by atoms with Crippen molar-refractivity contribution in [2.24, 2.45) is 0 Å². The van der Waals surface area contributed by atoms with Gasteiger partial charge in [0.25, 0.3) is 5.91 Å². The number of nitriles is 1. The van der Waals surface area contributed by atoms with E-state index >= 15 is 0 Å². The first-order valence-electron chi connectivity index (χ1n) is 8.85. The molecule has 0 spiro atoms. The van der Waals surface area contributed by atoms with Crippen LogP contribution in [0.3, 0.4) is 0 Å². The molecule has 0 aliphatic heterocycles. The largest absolute Gasteiger partial charge is 0.479 e. The average Bonchev–Trinajstić information content (AvgIpc) is 2.68. The van der Waals surface area contributed by atoms with E-state index in [0.29, 0.717) is 36.0 Å². The van der Waals surface area contributed by atoms with Crippen molar-refractivity contribution in [2.45, 2.75) is 19.6 Å². The number of carbonyl (C=O) groups is 1. The van der Waals surface area contributed by atoms with Gasteiger partial charge in [0.2, 0.25) is 0 Å². The molecule has 0 saturated heterocycles. The fourth-order valence-corrected chi connectivity index (χ4v) is 2.96. The molecule has 148 valence electrons. The minimum absolute atomic E-state index is 0.166. The Balaban J connectivity index is 2.17. The van der Waals surface area contributed by atoms with Crippen molar-refractivity contribution in [3.8, 4) is 11.8 Å². The molecule has 0 fully saturated rings. The number of nitrogens with zero attached hydrogens (tertiary/aromatic N) is 3. The molecule has 0 aromatic heterocycles. The summed E-state index contributed by atoms with van der Waals surface area (Å²) in [6.45, 7) is 3.31. The normalized spacial score (nSPS) is 11.8. The van der Waals surface area contributed by atoms with Crippen LogP contribution in [0.1, 0.15) is 18.1 Å². The van der Waals surface area contributed by atoms with Crippen molar-refractivity contribution in [1.29, 1.82) is 5.26 Å². The van der Waals surface area contributed by atoms with Gasteiger partial charge in [-0.1, -0.05) is 41.4 Å². The van der Waals surface area contributed by atoms with E-state index in [1.165, 1.54) is 0 Å². The maximum absolute atomic E-state index is 13.1. The minimum Gasteiger partial charge on any atom is -0.479 e. The van der Waals surface area contributed by atoms with Crippen molar-refractivity contribution < 1.29 is 9.53 Å². The molecule has 1 amide bonds. The lowest BCUT2D eigenvalue weighted by atomic mass is 10.1. The smallest absolute Gasteiger partial charge is 0.263 e. The topological polar surface area (TPSA) is 56.6 Å². The van der Waals surface area contributed by atoms with Gasteiger partial charge in [0.15, 0.2) is 6.10 Å². The highest BCUT2D eigenvalue weighted by molar-refractivity contribution is 6.42. The quantitative estimate of drug-likeness (QED) is 0.642. The Hall–Kier alpha value is -2.26. The molecule has 2 aromatic carbocycles. The molecule has 0 N–H and O–H groups in total. The Labute approximate surface area is 176 Å². The van der Waals surface area contributed by atoms with Crippen LogP contribution in [0, 0.1) is 11.3 Å². The second-order valence-electron chi connectivity index (χ2n) is 6.69. The third kappa shape index (κ3) is 6.13. The number of ether oxygens (including phenoxy) is 1. The van der Waals surface area contributed by atoms with Gasteiger partial charge >= 0.3 is 0 Å². The van der Waals surface area contributed by atoms with Gasteiger partial charge in [-0.2, -0.15) is 5.26 Å². The van der Waals surface area contributed by atoms with Crippen LogP contribution in [0.15, 0.2) is 42.5 Å². The van der Waals surface area contributed by atoms with E-state index in [-0.39, 0.29) is 10.9 Å². The zero-order chi connectivity index (χ0) is 20.7. The summed E-state index contributed by atoms with van der Waals surface area (Å²) in [5.74, 6) is 0.203. The summed E-state index contributed by atoms with van der Waals surface area (Å²) in [6.07, 6.45) is -0.739. The molecular weight excluding hydrogens is 397 g/mol. The molecule has 7 heteroatoms.